The molecule has 2 aromatic carbocycles. The first kappa shape index (κ1) is 20.2. The molecule has 1 aliphatic heterocycles. The summed E-state index contributed by atoms with van der Waals surface area (Å²) in [5, 5.41) is 3.56. The van der Waals surface area contributed by atoms with Crippen LogP contribution in [0.4, 0.5) is 11.4 Å². The van der Waals surface area contributed by atoms with Crippen molar-refractivity contribution in [3.63, 3.8) is 0 Å². The van der Waals surface area contributed by atoms with Crippen LogP contribution in [0.25, 0.3) is 0 Å². The molecule has 1 unspecified atom stereocenters. The highest BCUT2D eigenvalue weighted by Crippen LogP contribution is 2.38. The highest BCUT2D eigenvalue weighted by Gasteiger charge is 2.32. The number of amides is 2. The summed E-state index contributed by atoms with van der Waals surface area (Å²) in [5.74, 6) is 0.419. The molecule has 1 aliphatic rings. The van der Waals surface area contributed by atoms with Gasteiger partial charge in [0.15, 0.2) is 6.10 Å². The first-order valence-electron chi connectivity index (χ1n) is 9.60. The fourth-order valence-electron chi connectivity index (χ4n) is 3.35. The number of anilines is 2. The minimum atomic E-state index is -0.583. The lowest BCUT2D eigenvalue weighted by Crippen LogP contribution is -2.44. The number of hydrogen-bond donors (Lipinski definition) is 1. The number of rotatable bonds is 6. The summed E-state index contributed by atoms with van der Waals surface area (Å²) in [6, 6.07) is 12.8. The first-order valence-corrected chi connectivity index (χ1v) is 9.98. The van der Waals surface area contributed by atoms with E-state index in [1.807, 2.05) is 32.0 Å². The van der Waals surface area contributed by atoms with Crippen molar-refractivity contribution < 1.29 is 14.3 Å². The van der Waals surface area contributed by atoms with Crippen molar-refractivity contribution in [3.05, 3.63) is 53.1 Å². The van der Waals surface area contributed by atoms with Crippen molar-refractivity contribution in [1.29, 1.82) is 0 Å². The van der Waals surface area contributed by atoms with Gasteiger partial charge in [-0.3, -0.25) is 9.59 Å². The van der Waals surface area contributed by atoms with Crippen molar-refractivity contribution in [1.82, 2.24) is 0 Å². The Bertz CT molecular complexity index is 880. The fraction of sp³-hybridized carbons (Fsp3) is 0.364. The van der Waals surface area contributed by atoms with E-state index in [1.54, 1.807) is 36.1 Å². The molecular formula is C22H25ClN2O3. The Morgan fingerprint density at radius 3 is 2.61 bits per heavy atom. The molecule has 0 aliphatic carbocycles. The maximum atomic E-state index is 12.8. The smallest absolute Gasteiger partial charge is 0.268 e. The summed E-state index contributed by atoms with van der Waals surface area (Å²) in [7, 11) is 0. The van der Waals surface area contributed by atoms with Gasteiger partial charge in [-0.1, -0.05) is 43.6 Å². The van der Waals surface area contributed by atoms with E-state index in [1.165, 1.54) is 0 Å². The van der Waals surface area contributed by atoms with Gasteiger partial charge in [-0.15, -0.1) is 0 Å². The van der Waals surface area contributed by atoms with Crippen LogP contribution < -0.4 is 15.0 Å². The molecule has 5 nitrogen and oxygen atoms in total. The summed E-state index contributed by atoms with van der Waals surface area (Å²) >= 11 is 6.30. The highest BCUT2D eigenvalue weighted by atomic mass is 35.5. The van der Waals surface area contributed by atoms with Crippen LogP contribution >= 0.6 is 11.6 Å². The number of nitrogens with zero attached hydrogens (tertiary/aromatic N) is 1. The third-order valence-electron chi connectivity index (χ3n) is 5.08. The van der Waals surface area contributed by atoms with Crippen LogP contribution in [0.2, 0.25) is 5.02 Å². The zero-order valence-electron chi connectivity index (χ0n) is 16.4. The Morgan fingerprint density at radius 1 is 1.21 bits per heavy atom. The molecule has 1 heterocycles. The summed E-state index contributed by atoms with van der Waals surface area (Å²) in [6.07, 6.45) is 0.982. The Kier molecular flexibility index (Phi) is 6.25. The van der Waals surface area contributed by atoms with E-state index in [-0.39, 0.29) is 17.7 Å². The van der Waals surface area contributed by atoms with Crippen LogP contribution in [0.1, 0.15) is 39.2 Å². The number of nitrogens with one attached hydrogen (secondary N) is 1. The van der Waals surface area contributed by atoms with Crippen molar-refractivity contribution in [2.45, 2.75) is 46.3 Å². The second-order valence-electron chi connectivity index (χ2n) is 6.96. The molecule has 0 fully saturated rings. The van der Waals surface area contributed by atoms with Crippen LogP contribution in [-0.4, -0.2) is 17.9 Å². The summed E-state index contributed by atoms with van der Waals surface area (Å²) in [4.78, 5) is 26.9. The van der Waals surface area contributed by atoms with E-state index in [9.17, 15) is 9.59 Å². The van der Waals surface area contributed by atoms with E-state index in [4.69, 9.17) is 16.3 Å². The van der Waals surface area contributed by atoms with Gasteiger partial charge in [0.05, 0.1) is 12.2 Å². The number of fused-ring (bicyclic) bond motifs is 1. The SMILES string of the molecule is CCC(CC)C(=O)Nc1ccc2c(c1)N(Cc1ccccc1Cl)C(=O)C(C)O2. The number of hydrogen-bond acceptors (Lipinski definition) is 3. The quantitative estimate of drug-likeness (QED) is 0.739. The molecule has 0 spiro atoms. The maximum absolute atomic E-state index is 12.8. The Labute approximate surface area is 170 Å². The fourth-order valence-corrected chi connectivity index (χ4v) is 3.54. The summed E-state index contributed by atoms with van der Waals surface area (Å²) in [6.45, 7) is 6.07. The Morgan fingerprint density at radius 2 is 1.93 bits per heavy atom. The summed E-state index contributed by atoms with van der Waals surface area (Å²) < 4.78 is 5.76. The molecule has 1 atom stereocenters. The molecule has 3 rings (SSSR count). The van der Waals surface area contributed by atoms with E-state index in [0.717, 1.165) is 18.4 Å². The number of carbonyl (C=O) groups is 2. The molecule has 2 amide bonds. The highest BCUT2D eigenvalue weighted by molar-refractivity contribution is 6.31. The molecule has 6 heteroatoms. The predicted molar refractivity (Wildman–Crippen MR) is 112 cm³/mol. The minimum absolute atomic E-state index is 0.0148. The average molecular weight is 401 g/mol. The normalized spacial score (nSPS) is 16.0. The van der Waals surface area contributed by atoms with Crippen molar-refractivity contribution in [2.75, 3.05) is 10.2 Å². The molecule has 1 N–H and O–H groups in total. The van der Waals surface area contributed by atoms with Crippen molar-refractivity contribution in [2.24, 2.45) is 5.92 Å². The topological polar surface area (TPSA) is 58.6 Å². The third-order valence-corrected chi connectivity index (χ3v) is 5.45. The van der Waals surface area contributed by atoms with Gasteiger partial charge in [-0.25, -0.2) is 0 Å². The Balaban J connectivity index is 1.92. The number of benzene rings is 2. The predicted octanol–water partition coefficient (Wildman–Crippen LogP) is 5.03. The number of ether oxygens (including phenoxy) is 1. The van der Waals surface area contributed by atoms with Crippen LogP contribution in [0.3, 0.4) is 0 Å². The number of carbonyl (C=O) groups excluding carboxylic acids is 2. The van der Waals surface area contributed by atoms with Gasteiger partial charge in [0.1, 0.15) is 5.75 Å². The van der Waals surface area contributed by atoms with Gasteiger partial charge < -0.3 is 15.0 Å². The van der Waals surface area contributed by atoms with Gasteiger partial charge in [0.2, 0.25) is 5.91 Å². The second kappa shape index (κ2) is 8.65. The van der Waals surface area contributed by atoms with Crippen molar-refractivity contribution in [3.8, 4) is 5.75 Å². The average Bonchev–Trinajstić information content (AvgIpc) is 2.68. The van der Waals surface area contributed by atoms with Crippen LogP contribution in [0, 0.1) is 5.92 Å². The van der Waals surface area contributed by atoms with Crippen LogP contribution in [-0.2, 0) is 16.1 Å². The van der Waals surface area contributed by atoms with Gasteiger partial charge in [0.25, 0.3) is 5.91 Å². The second-order valence-corrected chi connectivity index (χ2v) is 7.37. The maximum Gasteiger partial charge on any atom is 0.268 e. The van der Waals surface area contributed by atoms with Crippen LogP contribution in [0.5, 0.6) is 5.75 Å². The largest absolute Gasteiger partial charge is 0.479 e. The summed E-state index contributed by atoms with van der Waals surface area (Å²) in [5.41, 5.74) is 2.13. The molecule has 148 valence electrons. The van der Waals surface area contributed by atoms with Gasteiger partial charge >= 0.3 is 0 Å². The number of halogens is 1. The minimum Gasteiger partial charge on any atom is -0.479 e. The molecule has 0 radical (unpaired) electrons. The van der Waals surface area contributed by atoms with Crippen molar-refractivity contribution >= 4 is 34.8 Å². The standard InChI is InChI=1S/C22H25ClN2O3/c1-4-15(5-2)21(26)24-17-10-11-20-19(12-17)25(22(27)14(3)28-20)13-16-8-6-7-9-18(16)23/h6-12,14-15H,4-5,13H2,1-3H3,(H,24,26). The zero-order chi connectivity index (χ0) is 20.3. The monoisotopic (exact) mass is 400 g/mol. The molecule has 0 saturated carbocycles. The van der Waals surface area contributed by atoms with Gasteiger partial charge in [0, 0.05) is 16.6 Å². The third kappa shape index (κ3) is 4.14. The molecule has 0 bridgehead atoms. The van der Waals surface area contributed by atoms with E-state index >= 15 is 0 Å². The lowest BCUT2D eigenvalue weighted by atomic mass is 10.0. The lowest BCUT2D eigenvalue weighted by molar-refractivity contribution is -0.125. The van der Waals surface area contributed by atoms with Crippen LogP contribution in [0.15, 0.2) is 42.5 Å². The molecule has 28 heavy (non-hydrogen) atoms. The van der Waals surface area contributed by atoms with E-state index in [2.05, 4.69) is 5.32 Å². The molecular weight excluding hydrogens is 376 g/mol. The van der Waals surface area contributed by atoms with Gasteiger partial charge in [-0.2, -0.15) is 0 Å². The lowest BCUT2D eigenvalue weighted by Gasteiger charge is -2.33. The molecule has 0 saturated heterocycles. The van der Waals surface area contributed by atoms with E-state index < -0.39 is 6.10 Å². The molecule has 0 aromatic heterocycles. The Hall–Kier alpha value is -2.53. The van der Waals surface area contributed by atoms with Gasteiger partial charge in [-0.05, 0) is 49.6 Å². The van der Waals surface area contributed by atoms with E-state index in [0.29, 0.717) is 28.7 Å². The first-order chi connectivity index (χ1) is 13.4. The molecule has 2 aromatic rings. The zero-order valence-corrected chi connectivity index (χ0v) is 17.1.